The molecule has 18 heavy (non-hydrogen) atoms. The van der Waals surface area contributed by atoms with E-state index >= 15 is 0 Å². The lowest BCUT2D eigenvalue weighted by Gasteiger charge is -2.41. The average molecular weight is 319 g/mol. The van der Waals surface area contributed by atoms with E-state index in [4.69, 9.17) is 4.74 Å². The number of hydrogen-bond donors (Lipinski definition) is 0. The van der Waals surface area contributed by atoms with E-state index in [-0.39, 0.29) is 5.60 Å². The Balaban J connectivity index is 2.45. The molecule has 0 aromatic carbocycles. The Labute approximate surface area is 122 Å². The van der Waals surface area contributed by atoms with Crippen LogP contribution in [0.3, 0.4) is 0 Å². The molecule has 1 nitrogen and oxygen atoms in total. The average Bonchev–Trinajstić information content (AvgIpc) is 2.31. The molecular formula is C16H31BrO. The van der Waals surface area contributed by atoms with Gasteiger partial charge in [-0.2, -0.15) is 0 Å². The van der Waals surface area contributed by atoms with Gasteiger partial charge in [-0.15, -0.1) is 0 Å². The first-order valence-corrected chi connectivity index (χ1v) is 8.87. The fourth-order valence-corrected chi connectivity index (χ4v) is 4.02. The molecule has 0 aromatic heterocycles. The number of halogens is 1. The van der Waals surface area contributed by atoms with Gasteiger partial charge in [-0.3, -0.25) is 0 Å². The van der Waals surface area contributed by atoms with Gasteiger partial charge in [0.05, 0.1) is 11.7 Å². The maximum atomic E-state index is 6.42. The van der Waals surface area contributed by atoms with Crippen LogP contribution >= 0.6 is 15.9 Å². The van der Waals surface area contributed by atoms with Crippen LogP contribution < -0.4 is 0 Å². The van der Waals surface area contributed by atoms with Crippen molar-refractivity contribution in [2.75, 3.05) is 5.33 Å². The van der Waals surface area contributed by atoms with E-state index < -0.39 is 0 Å². The predicted octanol–water partition coefficient (Wildman–Crippen LogP) is 5.56. The molecule has 0 aliphatic heterocycles. The zero-order chi connectivity index (χ0) is 13.6. The van der Waals surface area contributed by atoms with Crippen LogP contribution in [0.2, 0.25) is 0 Å². The van der Waals surface area contributed by atoms with Crippen molar-refractivity contribution in [2.45, 2.75) is 84.3 Å². The molecule has 0 radical (unpaired) electrons. The van der Waals surface area contributed by atoms with Crippen molar-refractivity contribution in [1.82, 2.24) is 0 Å². The topological polar surface area (TPSA) is 9.23 Å². The third-order valence-corrected chi connectivity index (χ3v) is 5.23. The molecule has 0 N–H and O–H groups in total. The fourth-order valence-electron chi connectivity index (χ4n) is 3.32. The Kier molecular flexibility index (Phi) is 7.23. The van der Waals surface area contributed by atoms with Crippen LogP contribution in [0.5, 0.6) is 0 Å². The summed E-state index contributed by atoms with van der Waals surface area (Å²) in [4.78, 5) is 0. The molecule has 1 aliphatic carbocycles. The van der Waals surface area contributed by atoms with Gasteiger partial charge in [0.2, 0.25) is 0 Å². The molecule has 1 aliphatic rings. The van der Waals surface area contributed by atoms with Crippen LogP contribution in [0, 0.1) is 11.8 Å². The van der Waals surface area contributed by atoms with Gasteiger partial charge in [0, 0.05) is 5.33 Å². The quantitative estimate of drug-likeness (QED) is 0.558. The van der Waals surface area contributed by atoms with Gasteiger partial charge in [0.1, 0.15) is 0 Å². The fraction of sp³-hybridized carbons (Fsp3) is 1.00. The van der Waals surface area contributed by atoms with Gasteiger partial charge in [0.25, 0.3) is 0 Å². The second-order valence-electron chi connectivity index (χ2n) is 6.61. The lowest BCUT2D eigenvalue weighted by atomic mass is 9.78. The highest BCUT2D eigenvalue weighted by molar-refractivity contribution is 9.09. The molecular weight excluding hydrogens is 288 g/mol. The van der Waals surface area contributed by atoms with Gasteiger partial charge >= 0.3 is 0 Å². The van der Waals surface area contributed by atoms with Crippen LogP contribution in [0.15, 0.2) is 0 Å². The smallest absolute Gasteiger partial charge is 0.0782 e. The second-order valence-corrected chi connectivity index (χ2v) is 7.17. The van der Waals surface area contributed by atoms with E-state index in [0.29, 0.717) is 6.10 Å². The molecule has 0 heterocycles. The highest BCUT2D eigenvalue weighted by atomic mass is 79.9. The van der Waals surface area contributed by atoms with E-state index in [0.717, 1.165) is 17.2 Å². The minimum atomic E-state index is 0.124. The molecule has 0 bridgehead atoms. The first-order chi connectivity index (χ1) is 8.51. The normalized spacial score (nSPS) is 30.7. The molecule has 1 unspecified atom stereocenters. The third-order valence-electron chi connectivity index (χ3n) is 4.21. The van der Waals surface area contributed by atoms with Crippen molar-refractivity contribution < 1.29 is 4.74 Å². The standard InChI is InChI=1S/C16H31BrO/c1-5-6-15-7-9-16(12-17,10-8-15)18-14(4)11-13(2)3/h13-15H,5-12H2,1-4H3. The summed E-state index contributed by atoms with van der Waals surface area (Å²) in [5, 5.41) is 1.00. The van der Waals surface area contributed by atoms with Crippen LogP contribution in [-0.4, -0.2) is 17.0 Å². The van der Waals surface area contributed by atoms with Crippen molar-refractivity contribution in [3.63, 3.8) is 0 Å². The maximum absolute atomic E-state index is 6.42. The number of hydrogen-bond acceptors (Lipinski definition) is 1. The van der Waals surface area contributed by atoms with Crippen molar-refractivity contribution in [1.29, 1.82) is 0 Å². The van der Waals surface area contributed by atoms with Gasteiger partial charge in [-0.1, -0.05) is 49.5 Å². The highest BCUT2D eigenvalue weighted by Gasteiger charge is 2.36. The zero-order valence-corrected chi connectivity index (χ0v) is 14.3. The Morgan fingerprint density at radius 2 is 1.83 bits per heavy atom. The lowest BCUT2D eigenvalue weighted by molar-refractivity contribution is -0.103. The molecule has 1 rings (SSSR count). The molecule has 1 atom stereocenters. The largest absolute Gasteiger partial charge is 0.371 e. The van der Waals surface area contributed by atoms with E-state index in [9.17, 15) is 0 Å². The summed E-state index contributed by atoms with van der Waals surface area (Å²) in [7, 11) is 0. The summed E-state index contributed by atoms with van der Waals surface area (Å²) >= 11 is 3.70. The third kappa shape index (κ3) is 5.21. The highest BCUT2D eigenvalue weighted by Crippen LogP contribution is 2.39. The van der Waals surface area contributed by atoms with Gasteiger partial charge in [0.15, 0.2) is 0 Å². The van der Waals surface area contributed by atoms with Gasteiger partial charge in [-0.05, 0) is 50.9 Å². The number of alkyl halides is 1. The van der Waals surface area contributed by atoms with Crippen LogP contribution in [0.4, 0.5) is 0 Å². The van der Waals surface area contributed by atoms with Gasteiger partial charge in [-0.25, -0.2) is 0 Å². The molecule has 1 saturated carbocycles. The van der Waals surface area contributed by atoms with Crippen molar-refractivity contribution in [3.05, 3.63) is 0 Å². The monoisotopic (exact) mass is 318 g/mol. The summed E-state index contributed by atoms with van der Waals surface area (Å²) < 4.78 is 6.42. The predicted molar refractivity (Wildman–Crippen MR) is 83.4 cm³/mol. The Bertz CT molecular complexity index is 219. The van der Waals surface area contributed by atoms with Crippen molar-refractivity contribution in [2.24, 2.45) is 11.8 Å². The summed E-state index contributed by atoms with van der Waals surface area (Å²) in [5.41, 5.74) is 0.124. The minimum Gasteiger partial charge on any atom is -0.371 e. The van der Waals surface area contributed by atoms with Crippen molar-refractivity contribution >= 4 is 15.9 Å². The van der Waals surface area contributed by atoms with E-state index in [1.807, 2.05) is 0 Å². The molecule has 0 amide bonds. The first kappa shape index (κ1) is 16.5. The number of ether oxygens (including phenoxy) is 1. The summed E-state index contributed by atoms with van der Waals surface area (Å²) in [6.45, 7) is 9.09. The molecule has 2 heteroatoms. The molecule has 0 aromatic rings. The van der Waals surface area contributed by atoms with E-state index in [2.05, 4.69) is 43.6 Å². The number of rotatable bonds is 7. The van der Waals surface area contributed by atoms with Crippen LogP contribution in [0.1, 0.15) is 72.6 Å². The Morgan fingerprint density at radius 1 is 1.22 bits per heavy atom. The zero-order valence-electron chi connectivity index (χ0n) is 12.7. The summed E-state index contributed by atoms with van der Waals surface area (Å²) in [5.74, 6) is 1.68. The van der Waals surface area contributed by atoms with Gasteiger partial charge < -0.3 is 4.74 Å². The molecule has 0 spiro atoms. The lowest BCUT2D eigenvalue weighted by Crippen LogP contribution is -2.41. The second kappa shape index (κ2) is 7.89. The molecule has 1 fully saturated rings. The Hall–Kier alpha value is 0.440. The first-order valence-electron chi connectivity index (χ1n) is 7.75. The Morgan fingerprint density at radius 3 is 2.28 bits per heavy atom. The van der Waals surface area contributed by atoms with Crippen molar-refractivity contribution in [3.8, 4) is 0 Å². The SMILES string of the molecule is CCCC1CCC(CBr)(OC(C)CC(C)C)CC1. The van der Waals surface area contributed by atoms with Crippen LogP contribution in [-0.2, 0) is 4.74 Å². The van der Waals surface area contributed by atoms with E-state index in [1.54, 1.807) is 0 Å². The summed E-state index contributed by atoms with van der Waals surface area (Å²) in [6.07, 6.45) is 9.49. The minimum absolute atomic E-state index is 0.124. The molecule has 0 saturated heterocycles. The summed E-state index contributed by atoms with van der Waals surface area (Å²) in [6, 6.07) is 0. The van der Waals surface area contributed by atoms with Crippen LogP contribution in [0.25, 0.3) is 0 Å². The van der Waals surface area contributed by atoms with E-state index in [1.165, 1.54) is 44.9 Å². The maximum Gasteiger partial charge on any atom is 0.0782 e. The molecule has 108 valence electrons.